The van der Waals surface area contributed by atoms with Gasteiger partial charge in [-0.25, -0.2) is 0 Å². The predicted octanol–water partition coefficient (Wildman–Crippen LogP) is 3.97. The van der Waals surface area contributed by atoms with Crippen LogP contribution in [0.1, 0.15) is 46.5 Å². The highest BCUT2D eigenvalue weighted by molar-refractivity contribution is 6.87. The molecular weight excluding hydrogens is 240 g/mol. The molecule has 0 N–H and O–H groups in total. The maximum absolute atomic E-state index is 5.67. The van der Waals surface area contributed by atoms with Gasteiger partial charge in [0.1, 0.15) is 8.07 Å². The zero-order valence-corrected chi connectivity index (χ0v) is 13.6. The molecule has 0 aromatic heterocycles. The first kappa shape index (κ1) is 15.8. The van der Waals surface area contributed by atoms with Crippen molar-refractivity contribution in [1.29, 1.82) is 0 Å². The van der Waals surface area contributed by atoms with Gasteiger partial charge in [0.15, 0.2) is 6.29 Å². The quantitative estimate of drug-likeness (QED) is 0.438. The molecule has 0 saturated carbocycles. The van der Waals surface area contributed by atoms with Gasteiger partial charge >= 0.3 is 0 Å². The molecular formula is C15H28O2Si. The van der Waals surface area contributed by atoms with Crippen molar-refractivity contribution in [2.75, 3.05) is 13.2 Å². The van der Waals surface area contributed by atoms with Crippen molar-refractivity contribution in [1.82, 2.24) is 0 Å². The Bertz CT molecular complexity index is 301. The Morgan fingerprint density at radius 2 is 2.00 bits per heavy atom. The molecule has 0 aliphatic carbocycles. The van der Waals surface area contributed by atoms with Crippen molar-refractivity contribution in [3.8, 4) is 11.5 Å². The van der Waals surface area contributed by atoms with Gasteiger partial charge in [-0.3, -0.25) is 0 Å². The molecule has 0 amide bonds. The molecule has 1 aliphatic rings. The highest BCUT2D eigenvalue weighted by Crippen LogP contribution is 2.35. The highest BCUT2D eigenvalue weighted by atomic mass is 28.3. The van der Waals surface area contributed by atoms with Crippen molar-refractivity contribution in [3.05, 3.63) is 0 Å². The number of rotatable bonds is 3. The predicted molar refractivity (Wildman–Crippen MR) is 79.1 cm³/mol. The van der Waals surface area contributed by atoms with Gasteiger partial charge < -0.3 is 9.47 Å². The van der Waals surface area contributed by atoms with Gasteiger partial charge in [0.2, 0.25) is 0 Å². The molecule has 0 aromatic carbocycles. The molecule has 18 heavy (non-hydrogen) atoms. The lowest BCUT2D eigenvalue weighted by Gasteiger charge is -2.31. The van der Waals surface area contributed by atoms with Crippen LogP contribution in [-0.2, 0) is 9.47 Å². The summed E-state index contributed by atoms with van der Waals surface area (Å²) in [5, 5.41) is 0.341. The Balaban J connectivity index is 2.25. The van der Waals surface area contributed by atoms with Crippen molar-refractivity contribution in [3.63, 3.8) is 0 Å². The lowest BCUT2D eigenvalue weighted by atomic mass is 10.2. The van der Waals surface area contributed by atoms with E-state index in [2.05, 4.69) is 45.3 Å². The summed E-state index contributed by atoms with van der Waals surface area (Å²) in [6.07, 6.45) is 4.28. The van der Waals surface area contributed by atoms with Crippen molar-refractivity contribution in [2.24, 2.45) is 0 Å². The van der Waals surface area contributed by atoms with E-state index in [1.54, 1.807) is 0 Å². The SMILES string of the molecule is CC(C)(C)[Si](C)(C)C#CCCOC1CCCCO1. The van der Waals surface area contributed by atoms with Crippen LogP contribution in [0.15, 0.2) is 0 Å². The van der Waals surface area contributed by atoms with Crippen LogP contribution in [0.2, 0.25) is 18.1 Å². The van der Waals surface area contributed by atoms with Crippen LogP contribution >= 0.6 is 0 Å². The van der Waals surface area contributed by atoms with E-state index in [1.165, 1.54) is 12.8 Å². The van der Waals surface area contributed by atoms with Gasteiger partial charge in [0.05, 0.1) is 6.61 Å². The zero-order valence-electron chi connectivity index (χ0n) is 12.6. The van der Waals surface area contributed by atoms with Crippen molar-refractivity contribution >= 4 is 8.07 Å². The first-order valence-electron chi connectivity index (χ1n) is 7.06. The van der Waals surface area contributed by atoms with Crippen LogP contribution in [0.25, 0.3) is 0 Å². The van der Waals surface area contributed by atoms with Crippen molar-refractivity contribution in [2.45, 2.75) is 70.9 Å². The van der Waals surface area contributed by atoms with Gasteiger partial charge in [-0.05, 0) is 24.3 Å². The third-order valence-electron chi connectivity index (χ3n) is 3.94. The smallest absolute Gasteiger partial charge is 0.157 e. The second kappa shape index (κ2) is 6.74. The Labute approximate surface area is 113 Å². The minimum Gasteiger partial charge on any atom is -0.353 e. The van der Waals surface area contributed by atoms with Crippen LogP contribution < -0.4 is 0 Å². The molecule has 0 radical (unpaired) electrons. The van der Waals surface area contributed by atoms with Gasteiger partial charge in [-0.15, -0.1) is 11.5 Å². The fourth-order valence-corrected chi connectivity index (χ4v) is 2.50. The average Bonchev–Trinajstić information content (AvgIpc) is 2.28. The molecule has 104 valence electrons. The maximum atomic E-state index is 5.67. The van der Waals surface area contributed by atoms with Gasteiger partial charge in [0, 0.05) is 13.0 Å². The summed E-state index contributed by atoms with van der Waals surface area (Å²) < 4.78 is 11.2. The van der Waals surface area contributed by atoms with Crippen LogP contribution in [0.3, 0.4) is 0 Å². The molecule has 0 bridgehead atoms. The topological polar surface area (TPSA) is 18.5 Å². The monoisotopic (exact) mass is 268 g/mol. The zero-order chi connectivity index (χ0) is 13.6. The molecule has 1 unspecified atom stereocenters. The van der Waals surface area contributed by atoms with Crippen LogP contribution in [-0.4, -0.2) is 27.6 Å². The number of ether oxygens (including phenoxy) is 2. The molecule has 1 rings (SSSR count). The fraction of sp³-hybridized carbons (Fsp3) is 0.867. The molecule has 1 aliphatic heterocycles. The number of hydrogen-bond donors (Lipinski definition) is 0. The van der Waals surface area contributed by atoms with E-state index in [0.717, 1.165) is 19.4 Å². The fourth-order valence-electron chi connectivity index (χ4n) is 1.55. The van der Waals surface area contributed by atoms with Crippen LogP contribution in [0, 0.1) is 11.5 Å². The first-order chi connectivity index (χ1) is 8.33. The average molecular weight is 268 g/mol. The summed E-state index contributed by atoms with van der Waals surface area (Å²) in [6.45, 7) is 13.1. The lowest BCUT2D eigenvalue weighted by molar-refractivity contribution is -0.161. The van der Waals surface area contributed by atoms with E-state index < -0.39 is 8.07 Å². The molecule has 0 aromatic rings. The van der Waals surface area contributed by atoms with E-state index in [0.29, 0.717) is 11.6 Å². The van der Waals surface area contributed by atoms with E-state index in [1.807, 2.05) is 0 Å². The maximum Gasteiger partial charge on any atom is 0.157 e. The second-order valence-corrected chi connectivity index (χ2v) is 11.6. The van der Waals surface area contributed by atoms with Crippen LogP contribution in [0.5, 0.6) is 0 Å². The largest absolute Gasteiger partial charge is 0.353 e. The van der Waals surface area contributed by atoms with E-state index in [9.17, 15) is 0 Å². The Morgan fingerprint density at radius 1 is 1.28 bits per heavy atom. The Kier molecular flexibility index (Phi) is 5.90. The molecule has 1 saturated heterocycles. The molecule has 0 spiro atoms. The third kappa shape index (κ3) is 5.13. The summed E-state index contributed by atoms with van der Waals surface area (Å²) in [5.41, 5.74) is 3.50. The Hall–Kier alpha value is -0.303. The van der Waals surface area contributed by atoms with Gasteiger partial charge in [0.25, 0.3) is 0 Å². The summed E-state index contributed by atoms with van der Waals surface area (Å²) in [6, 6.07) is 0. The van der Waals surface area contributed by atoms with Gasteiger partial charge in [-0.1, -0.05) is 33.9 Å². The normalized spacial score (nSPS) is 21.3. The molecule has 1 heterocycles. The molecule has 1 atom stereocenters. The van der Waals surface area contributed by atoms with Crippen LogP contribution in [0.4, 0.5) is 0 Å². The summed E-state index contributed by atoms with van der Waals surface area (Å²) in [4.78, 5) is 0. The molecule has 3 heteroatoms. The highest BCUT2D eigenvalue weighted by Gasteiger charge is 2.33. The minimum atomic E-state index is -1.44. The standard InChI is InChI=1S/C15H28O2Si/c1-15(2,3)18(4,5)13-9-8-12-17-14-10-6-7-11-16-14/h14H,6-8,10-12H2,1-5H3. The summed E-state index contributed by atoms with van der Waals surface area (Å²) in [7, 11) is -1.44. The third-order valence-corrected chi connectivity index (χ3v) is 8.50. The number of hydrogen-bond acceptors (Lipinski definition) is 2. The van der Waals surface area contributed by atoms with E-state index >= 15 is 0 Å². The van der Waals surface area contributed by atoms with E-state index in [4.69, 9.17) is 9.47 Å². The molecule has 2 nitrogen and oxygen atoms in total. The lowest BCUT2D eigenvalue weighted by Crippen LogP contribution is -2.35. The minimum absolute atomic E-state index is 0.0217. The molecule has 1 fully saturated rings. The first-order valence-corrected chi connectivity index (χ1v) is 10.1. The second-order valence-electron chi connectivity index (χ2n) is 6.59. The van der Waals surface area contributed by atoms with Crippen molar-refractivity contribution < 1.29 is 9.47 Å². The van der Waals surface area contributed by atoms with Gasteiger partial charge in [-0.2, -0.15) is 0 Å². The Morgan fingerprint density at radius 3 is 2.56 bits per heavy atom. The van der Waals surface area contributed by atoms with E-state index in [-0.39, 0.29) is 6.29 Å². The summed E-state index contributed by atoms with van der Waals surface area (Å²) in [5.74, 6) is 3.30. The summed E-state index contributed by atoms with van der Waals surface area (Å²) >= 11 is 0.